The van der Waals surface area contributed by atoms with E-state index in [2.05, 4.69) is 400 Å². The van der Waals surface area contributed by atoms with Crippen LogP contribution in [0.15, 0.2) is 462 Å². The van der Waals surface area contributed by atoms with Crippen molar-refractivity contribution in [2.24, 2.45) is 0 Å². The second kappa shape index (κ2) is 39.1. The SMILES string of the molecule is [Ir+3].[Ir+3].[c-]1cc(-c2cc(-c3ccccc3)ccc2-c2cccc(-c3ccc(-c4ccccc4)cc3-c3c[c-]c(-c4ccccn4)cc3)c2)ccc1-c1ccccn1.[c-]1cc(-c2ccccc2-c2cc(-c3ccc(-c4ccccc4)cc3-c3c[c-]c(-c4ccccn4)cc3)cc(-c3ccc(-c4ccccc4)cc3-c3c[c-]c(-c4ccccn4)cc3)c2)c[c-]c1-c1ncccn1. The molecule has 0 fully saturated rings. The first kappa shape index (κ1) is 83.4. The molecule has 0 unspecified atom stereocenters. The molecule has 0 amide bonds. The Morgan fingerprint density at radius 2 is 0.383 bits per heavy atom. The molecule has 0 N–H and O–H groups in total. The van der Waals surface area contributed by atoms with Crippen LogP contribution in [0.5, 0.6) is 0 Å². The van der Waals surface area contributed by atoms with E-state index in [0.29, 0.717) is 5.82 Å². The zero-order valence-corrected chi connectivity index (χ0v) is 74.0. The predicted molar refractivity (Wildman–Crippen MR) is 516 cm³/mol. The normalized spacial score (nSPS) is 10.8. The quantitative estimate of drug-likeness (QED) is 0.0751. The third-order valence-corrected chi connectivity index (χ3v) is 22.9. The van der Waals surface area contributed by atoms with Crippen LogP contribution in [-0.2, 0) is 40.2 Å². The van der Waals surface area contributed by atoms with Gasteiger partial charge < -0.3 is 29.9 Å². The maximum atomic E-state index is 4.62. The van der Waals surface area contributed by atoms with Crippen LogP contribution in [0.3, 0.4) is 0 Å². The Morgan fingerprint density at radius 1 is 0.141 bits per heavy atom. The Hall–Kier alpha value is -15.5. The average Bonchev–Trinajstić information content (AvgIpc) is 0.759. The molecule has 0 bridgehead atoms. The molecule has 0 radical (unpaired) electrons. The Kier molecular flexibility index (Phi) is 25.5. The zero-order valence-electron chi connectivity index (χ0n) is 69.2. The predicted octanol–water partition coefficient (Wildman–Crippen LogP) is 30.2. The van der Waals surface area contributed by atoms with E-state index in [4.69, 9.17) is 0 Å². The van der Waals surface area contributed by atoms with Gasteiger partial charge in [-0.2, -0.15) is 5.56 Å². The average molecular weight is 1990 g/mol. The van der Waals surface area contributed by atoms with Crippen molar-refractivity contribution in [2.75, 3.05) is 0 Å². The Bertz CT molecular complexity index is 6950. The molecule has 0 atom stereocenters. The fourth-order valence-electron chi connectivity index (χ4n) is 16.5. The number of pyridine rings is 4. The van der Waals surface area contributed by atoms with Crippen LogP contribution >= 0.6 is 0 Å². The van der Waals surface area contributed by atoms with Crippen molar-refractivity contribution in [2.45, 2.75) is 0 Å². The van der Waals surface area contributed by atoms with Crippen LogP contribution in [0.1, 0.15) is 0 Å². The van der Waals surface area contributed by atoms with E-state index in [1.807, 2.05) is 116 Å². The summed E-state index contributed by atoms with van der Waals surface area (Å²) in [5.41, 5.74) is 39.3. The van der Waals surface area contributed by atoms with Crippen LogP contribution in [0.4, 0.5) is 0 Å². The molecule has 6 nitrogen and oxygen atoms in total. The molecule has 0 spiro atoms. The summed E-state index contributed by atoms with van der Waals surface area (Å²) in [5.74, 6) is 0.589. The van der Waals surface area contributed by atoms with Crippen LogP contribution in [-0.4, -0.2) is 29.9 Å². The second-order valence-corrected chi connectivity index (χ2v) is 30.7. The topological polar surface area (TPSA) is 77.3 Å². The number of benzene rings is 16. The van der Waals surface area contributed by atoms with Gasteiger partial charge in [0.15, 0.2) is 0 Å². The van der Waals surface area contributed by atoms with Gasteiger partial charge in [0, 0.05) is 37.2 Å². The van der Waals surface area contributed by atoms with Crippen LogP contribution in [0, 0.1) is 36.4 Å². The van der Waals surface area contributed by atoms with Gasteiger partial charge in [0.25, 0.3) is 0 Å². The standard InChI is InChI=1S/C68H42N4.C52H34N2.2Ir/c1-3-14-47(15-4-1)55-34-36-62(64(45-55)50-22-28-52(29-23-50)66-20-9-11-38-69-66)58-42-57(61-19-8-7-18-60(61)49-26-32-54(33-27-49)68-71-40-13-41-72-68)43-59(44-58)63-37-35-56(48-16-5-2-6-17-48)46-65(63)51-24-30-53(31-25-51)67-21-10-12-39-70-67;1-3-12-37(13-4-1)43-28-30-47(49(35-43)39-20-24-41(25-21-39)51-18-7-9-32-53-51)45-16-11-17-46(34-45)48-31-29-44(38-14-5-2-6-15-38)36-50(48)40-22-26-42(27-23-40)52-19-8-10-33-54-52;;/h1-28,30,34-46H;1-24,26,28-36H;;/q-4;-2;2*+3. The molecule has 5 heterocycles. The smallest absolute Gasteiger partial charge is 0.333 e. The Labute approximate surface area is 774 Å². The zero-order chi connectivity index (χ0) is 84.2. The molecule has 21 rings (SSSR count). The summed E-state index contributed by atoms with van der Waals surface area (Å²) < 4.78 is 0. The van der Waals surface area contributed by atoms with Gasteiger partial charge in [-0.15, -0.1) is 119 Å². The van der Waals surface area contributed by atoms with Gasteiger partial charge in [-0.1, -0.05) is 335 Å². The summed E-state index contributed by atoms with van der Waals surface area (Å²) in [7, 11) is 0. The van der Waals surface area contributed by atoms with E-state index in [1.165, 1.54) is 22.3 Å². The molecule has 16 aromatic carbocycles. The van der Waals surface area contributed by atoms with E-state index in [9.17, 15) is 0 Å². The first-order valence-electron chi connectivity index (χ1n) is 42.0. The third-order valence-electron chi connectivity index (χ3n) is 22.9. The molecule has 0 aliphatic rings. The van der Waals surface area contributed by atoms with Crippen molar-refractivity contribution in [3.63, 3.8) is 0 Å². The van der Waals surface area contributed by atoms with Crippen LogP contribution in [0.25, 0.3) is 212 Å². The third kappa shape index (κ3) is 18.5. The van der Waals surface area contributed by atoms with Crippen LogP contribution < -0.4 is 0 Å². The minimum Gasteiger partial charge on any atom is -0.333 e. The van der Waals surface area contributed by atoms with Crippen molar-refractivity contribution in [3.8, 4) is 212 Å². The van der Waals surface area contributed by atoms with Crippen molar-refractivity contribution in [3.05, 3.63) is 498 Å². The maximum absolute atomic E-state index is 4.62. The van der Waals surface area contributed by atoms with E-state index < -0.39 is 0 Å². The second-order valence-electron chi connectivity index (χ2n) is 30.7. The van der Waals surface area contributed by atoms with Crippen molar-refractivity contribution in [1.82, 2.24) is 29.9 Å². The summed E-state index contributed by atoms with van der Waals surface area (Å²) in [5, 5.41) is 0. The van der Waals surface area contributed by atoms with Gasteiger partial charge in [0.1, 0.15) is 0 Å². The molecule has 604 valence electrons. The fraction of sp³-hybridized carbons (Fsp3) is 0. The van der Waals surface area contributed by atoms with Gasteiger partial charge in [-0.3, -0.25) is 12.1 Å². The summed E-state index contributed by atoms with van der Waals surface area (Å²) in [6, 6.07) is 170. The van der Waals surface area contributed by atoms with E-state index in [1.54, 1.807) is 12.4 Å². The molecule has 5 aromatic heterocycles. The number of rotatable bonds is 19. The summed E-state index contributed by atoms with van der Waals surface area (Å²) >= 11 is 0. The van der Waals surface area contributed by atoms with Crippen molar-refractivity contribution >= 4 is 0 Å². The maximum Gasteiger partial charge on any atom is 3.00 e. The number of aromatic nitrogens is 6. The number of hydrogen-bond donors (Lipinski definition) is 0. The fourth-order valence-corrected chi connectivity index (χ4v) is 16.5. The first-order chi connectivity index (χ1) is 62.4. The van der Waals surface area contributed by atoms with E-state index in [0.717, 1.165) is 184 Å². The first-order valence-corrected chi connectivity index (χ1v) is 42.0. The molecule has 21 aromatic rings. The summed E-state index contributed by atoms with van der Waals surface area (Å²) in [6.45, 7) is 0. The number of nitrogens with zero attached hydrogens (tertiary/aromatic N) is 6. The minimum absolute atomic E-state index is 0. The van der Waals surface area contributed by atoms with Gasteiger partial charge in [0.2, 0.25) is 0 Å². The molecule has 8 heteroatoms. The molecule has 0 saturated carbocycles. The molecule has 0 aliphatic heterocycles. The van der Waals surface area contributed by atoms with Gasteiger partial charge >= 0.3 is 40.2 Å². The molecule has 0 aliphatic carbocycles. The molecular formula is C120H76Ir2N6. The van der Waals surface area contributed by atoms with Gasteiger partial charge in [-0.25, -0.2) is 17.7 Å². The van der Waals surface area contributed by atoms with Crippen LogP contribution in [0.2, 0.25) is 0 Å². The van der Waals surface area contributed by atoms with Gasteiger partial charge in [0.05, 0.1) is 0 Å². The molecule has 0 saturated heterocycles. The molecule has 128 heavy (non-hydrogen) atoms. The van der Waals surface area contributed by atoms with Crippen molar-refractivity contribution < 1.29 is 40.2 Å². The summed E-state index contributed by atoms with van der Waals surface area (Å²) in [6.07, 6.45) is 10.8. The largest absolute Gasteiger partial charge is 3.00 e. The Balaban J connectivity index is 0.000000177. The van der Waals surface area contributed by atoms with Crippen molar-refractivity contribution in [1.29, 1.82) is 0 Å². The molecular weight excluding hydrogens is 1910 g/mol. The van der Waals surface area contributed by atoms with E-state index in [-0.39, 0.29) is 40.2 Å². The Morgan fingerprint density at radius 3 is 0.672 bits per heavy atom. The minimum atomic E-state index is 0. The number of hydrogen-bond acceptors (Lipinski definition) is 6. The van der Waals surface area contributed by atoms with Gasteiger partial charge in [-0.05, 0) is 183 Å². The monoisotopic (exact) mass is 1990 g/mol. The van der Waals surface area contributed by atoms with E-state index >= 15 is 0 Å². The summed E-state index contributed by atoms with van der Waals surface area (Å²) in [4.78, 5) is 27.2.